The molecule has 0 heterocycles. The Kier molecular flexibility index (Phi) is 3.57. The van der Waals surface area contributed by atoms with Gasteiger partial charge in [0.05, 0.1) is 11.1 Å². The van der Waals surface area contributed by atoms with Crippen molar-refractivity contribution in [1.29, 1.82) is 5.26 Å². The summed E-state index contributed by atoms with van der Waals surface area (Å²) in [5.41, 5.74) is -1.12. The van der Waals surface area contributed by atoms with Gasteiger partial charge < -0.3 is 0 Å². The average molecular weight is 339 g/mol. The van der Waals surface area contributed by atoms with Crippen molar-refractivity contribution < 1.29 is 18.0 Å². The smallest absolute Gasteiger partial charge is 0.294 e. The third-order valence-electron chi connectivity index (χ3n) is 1.91. The van der Waals surface area contributed by atoms with E-state index in [4.69, 9.17) is 5.26 Å². The predicted molar refractivity (Wildman–Crippen MR) is 58.9 cm³/mol. The number of nitriles is 1. The van der Waals surface area contributed by atoms with E-state index in [1.807, 2.05) is 0 Å². The first-order chi connectivity index (χ1) is 7.27. The van der Waals surface area contributed by atoms with Crippen molar-refractivity contribution in [2.45, 2.75) is 13.1 Å². The molecule has 0 fully saturated rings. The molecule has 16 heavy (non-hydrogen) atoms. The fourth-order valence-electron chi connectivity index (χ4n) is 1.16. The Morgan fingerprint density at radius 1 is 1.44 bits per heavy atom. The summed E-state index contributed by atoms with van der Waals surface area (Å²) in [5, 5.41) is 8.75. The summed E-state index contributed by atoms with van der Waals surface area (Å²) >= 11 is 1.61. The zero-order valence-corrected chi connectivity index (χ0v) is 10.2. The molecule has 84 valence electrons. The number of rotatable bonds is 1. The van der Waals surface area contributed by atoms with Gasteiger partial charge in [-0.1, -0.05) is 0 Å². The van der Waals surface area contributed by atoms with Crippen LogP contribution >= 0.6 is 22.6 Å². The zero-order valence-electron chi connectivity index (χ0n) is 8.02. The van der Waals surface area contributed by atoms with Crippen LogP contribution in [0.5, 0.6) is 0 Å². The molecule has 0 bridgehead atoms. The van der Waals surface area contributed by atoms with Gasteiger partial charge in [-0.3, -0.25) is 4.79 Å². The molecule has 0 unspecified atom stereocenters. The van der Waals surface area contributed by atoms with Crippen LogP contribution in [0.3, 0.4) is 0 Å². The summed E-state index contributed by atoms with van der Waals surface area (Å²) in [6, 6.07) is 3.29. The highest BCUT2D eigenvalue weighted by Gasteiger charge is 2.32. The van der Waals surface area contributed by atoms with E-state index in [0.29, 0.717) is 6.07 Å². The molecule has 2 nitrogen and oxygen atoms in total. The fraction of sp³-hybridized carbons (Fsp3) is 0.200. The minimum atomic E-state index is -4.52. The Labute approximate surface area is 103 Å². The Bertz CT molecular complexity index is 488. The van der Waals surface area contributed by atoms with Crippen LogP contribution in [0.1, 0.15) is 28.4 Å². The van der Waals surface area contributed by atoms with E-state index in [1.54, 1.807) is 28.7 Å². The van der Waals surface area contributed by atoms with E-state index in [0.717, 1.165) is 13.0 Å². The van der Waals surface area contributed by atoms with Crippen molar-refractivity contribution in [3.8, 4) is 6.07 Å². The number of carbonyl (C=O) groups is 1. The lowest BCUT2D eigenvalue weighted by atomic mass is 10.0. The molecule has 0 aliphatic heterocycles. The highest BCUT2D eigenvalue weighted by atomic mass is 127. The molecule has 0 saturated carbocycles. The summed E-state index contributed by atoms with van der Waals surface area (Å²) in [6.07, 6.45) is -4.52. The van der Waals surface area contributed by atoms with Gasteiger partial charge in [0.1, 0.15) is 6.07 Å². The Morgan fingerprint density at radius 2 is 2.00 bits per heavy atom. The molecule has 0 N–H and O–H groups in total. The number of nitrogens with zero attached hydrogens (tertiary/aromatic N) is 1. The lowest BCUT2D eigenvalue weighted by Gasteiger charge is -2.10. The van der Waals surface area contributed by atoms with E-state index in [9.17, 15) is 18.0 Å². The molecular weight excluding hydrogens is 334 g/mol. The standard InChI is InChI=1S/C10H5F3INO/c1-5(16)7-2-6(10(11,12)13)3-9(14)8(7)4-15/h2-3H,1H3. The molecule has 1 rings (SSSR count). The van der Waals surface area contributed by atoms with E-state index in [-0.39, 0.29) is 14.7 Å². The van der Waals surface area contributed by atoms with E-state index < -0.39 is 17.5 Å². The number of hydrogen-bond acceptors (Lipinski definition) is 2. The molecule has 0 saturated heterocycles. The lowest BCUT2D eigenvalue weighted by molar-refractivity contribution is -0.137. The Hall–Kier alpha value is -1.10. The van der Waals surface area contributed by atoms with Gasteiger partial charge in [0, 0.05) is 9.13 Å². The maximum absolute atomic E-state index is 12.4. The summed E-state index contributed by atoms with van der Waals surface area (Å²) in [4.78, 5) is 11.1. The number of carbonyl (C=O) groups excluding carboxylic acids is 1. The third kappa shape index (κ3) is 2.52. The molecule has 0 aliphatic carbocycles. The molecular formula is C10H5F3INO. The highest BCUT2D eigenvalue weighted by molar-refractivity contribution is 14.1. The summed E-state index contributed by atoms with van der Waals surface area (Å²) < 4.78 is 37.5. The molecule has 0 spiro atoms. The lowest BCUT2D eigenvalue weighted by Crippen LogP contribution is -2.09. The first-order valence-corrected chi connectivity index (χ1v) is 5.17. The fourth-order valence-corrected chi connectivity index (χ4v) is 1.91. The van der Waals surface area contributed by atoms with Crippen LogP contribution in [0.25, 0.3) is 0 Å². The summed E-state index contributed by atoms with van der Waals surface area (Å²) in [7, 11) is 0. The molecule has 0 radical (unpaired) electrons. The number of ketones is 1. The van der Waals surface area contributed by atoms with Crippen LogP contribution in [-0.2, 0) is 6.18 Å². The molecule has 0 aliphatic rings. The van der Waals surface area contributed by atoms with Gasteiger partial charge >= 0.3 is 6.18 Å². The van der Waals surface area contributed by atoms with Crippen LogP contribution in [0, 0.1) is 14.9 Å². The number of hydrogen-bond donors (Lipinski definition) is 0. The second kappa shape index (κ2) is 4.41. The van der Waals surface area contributed by atoms with Gasteiger partial charge in [-0.05, 0) is 41.6 Å². The van der Waals surface area contributed by atoms with Crippen LogP contribution in [0.2, 0.25) is 0 Å². The van der Waals surface area contributed by atoms with Crippen molar-refractivity contribution in [1.82, 2.24) is 0 Å². The highest BCUT2D eigenvalue weighted by Crippen LogP contribution is 2.32. The van der Waals surface area contributed by atoms with Gasteiger partial charge in [-0.15, -0.1) is 0 Å². The van der Waals surface area contributed by atoms with E-state index in [2.05, 4.69) is 0 Å². The number of benzene rings is 1. The van der Waals surface area contributed by atoms with Crippen LogP contribution in [0.15, 0.2) is 12.1 Å². The van der Waals surface area contributed by atoms with Crippen molar-refractivity contribution >= 4 is 28.4 Å². The molecule has 6 heteroatoms. The topological polar surface area (TPSA) is 40.9 Å². The van der Waals surface area contributed by atoms with Crippen molar-refractivity contribution in [2.24, 2.45) is 0 Å². The molecule has 0 aromatic heterocycles. The van der Waals surface area contributed by atoms with Gasteiger partial charge in [-0.2, -0.15) is 18.4 Å². The number of alkyl halides is 3. The van der Waals surface area contributed by atoms with Crippen LogP contribution < -0.4 is 0 Å². The van der Waals surface area contributed by atoms with Gasteiger partial charge in [0.25, 0.3) is 0 Å². The van der Waals surface area contributed by atoms with Gasteiger partial charge in [-0.25, -0.2) is 0 Å². The first kappa shape index (κ1) is 13.0. The Morgan fingerprint density at radius 3 is 2.38 bits per heavy atom. The minimum absolute atomic E-state index is 0.0129. The monoisotopic (exact) mass is 339 g/mol. The maximum Gasteiger partial charge on any atom is 0.416 e. The SMILES string of the molecule is CC(=O)c1cc(C(F)(F)F)cc(I)c1C#N. The molecule has 1 aromatic rings. The number of Topliss-reactive ketones (excluding diaryl/α,β-unsaturated/α-hetero) is 1. The quantitative estimate of drug-likeness (QED) is 0.581. The van der Waals surface area contributed by atoms with E-state index in [1.165, 1.54) is 0 Å². The normalized spacial score (nSPS) is 11.0. The van der Waals surface area contributed by atoms with Gasteiger partial charge in [0.2, 0.25) is 0 Å². The third-order valence-corrected chi connectivity index (χ3v) is 2.76. The predicted octanol–water partition coefficient (Wildman–Crippen LogP) is 3.38. The van der Waals surface area contributed by atoms with Crippen LogP contribution in [0.4, 0.5) is 13.2 Å². The number of halogens is 4. The van der Waals surface area contributed by atoms with Crippen LogP contribution in [-0.4, -0.2) is 5.78 Å². The maximum atomic E-state index is 12.4. The molecule has 0 amide bonds. The van der Waals surface area contributed by atoms with Crippen molar-refractivity contribution in [3.63, 3.8) is 0 Å². The minimum Gasteiger partial charge on any atom is -0.294 e. The van der Waals surface area contributed by atoms with Crippen molar-refractivity contribution in [2.75, 3.05) is 0 Å². The first-order valence-electron chi connectivity index (χ1n) is 4.09. The average Bonchev–Trinajstić information content (AvgIpc) is 2.14. The molecule has 1 aromatic carbocycles. The summed E-state index contributed by atoms with van der Waals surface area (Å²) in [5.74, 6) is -0.555. The largest absolute Gasteiger partial charge is 0.416 e. The zero-order chi connectivity index (χ0) is 12.5. The Balaban J connectivity index is 3.54. The molecule has 0 atom stereocenters. The summed E-state index contributed by atoms with van der Waals surface area (Å²) in [6.45, 7) is 1.13. The second-order valence-corrected chi connectivity index (χ2v) is 4.21. The van der Waals surface area contributed by atoms with E-state index >= 15 is 0 Å². The van der Waals surface area contributed by atoms with Crippen molar-refractivity contribution in [3.05, 3.63) is 32.4 Å². The van der Waals surface area contributed by atoms with Gasteiger partial charge in [0.15, 0.2) is 5.78 Å². The second-order valence-electron chi connectivity index (χ2n) is 3.05.